The second kappa shape index (κ2) is 12.5. The van der Waals surface area contributed by atoms with Crippen molar-refractivity contribution in [1.29, 1.82) is 0 Å². The minimum atomic E-state index is -1.14. The number of carbonyl (C=O) groups excluding carboxylic acids is 2. The van der Waals surface area contributed by atoms with Gasteiger partial charge in [-0.05, 0) is 62.8 Å². The molecule has 2 aromatic heterocycles. The smallest absolute Gasteiger partial charge is 0.349 e. The molecule has 0 bridgehead atoms. The Hall–Kier alpha value is -3.70. The Morgan fingerprint density at radius 2 is 1.95 bits per heavy atom. The van der Waals surface area contributed by atoms with E-state index in [1.54, 1.807) is 33.0 Å². The normalized spacial score (nSPS) is 12.0. The molecule has 0 aliphatic carbocycles. The van der Waals surface area contributed by atoms with Crippen molar-refractivity contribution in [1.82, 2.24) is 9.88 Å². The van der Waals surface area contributed by atoms with E-state index in [0.29, 0.717) is 23.1 Å². The molecule has 198 valence electrons. The van der Waals surface area contributed by atoms with Gasteiger partial charge in [0.1, 0.15) is 18.6 Å². The third kappa shape index (κ3) is 7.89. The number of benzene rings is 1. The van der Waals surface area contributed by atoms with E-state index in [4.69, 9.17) is 24.5 Å². The number of hydrogen-bond acceptors (Lipinski definition) is 10. The van der Waals surface area contributed by atoms with Gasteiger partial charge in [0.05, 0.1) is 24.2 Å². The van der Waals surface area contributed by atoms with Crippen LogP contribution >= 0.6 is 11.3 Å². The number of carbonyl (C=O) groups is 2. The zero-order valence-corrected chi connectivity index (χ0v) is 22.5. The molecule has 10 nitrogen and oxygen atoms in total. The summed E-state index contributed by atoms with van der Waals surface area (Å²) in [5.41, 5.74) is 7.36. The molecule has 0 radical (unpaired) electrons. The van der Waals surface area contributed by atoms with E-state index in [1.807, 2.05) is 42.3 Å². The molecule has 2 heterocycles. The fourth-order valence-electron chi connectivity index (χ4n) is 3.62. The van der Waals surface area contributed by atoms with Crippen molar-refractivity contribution in [2.75, 3.05) is 13.2 Å². The van der Waals surface area contributed by atoms with E-state index in [2.05, 4.69) is 10.1 Å². The van der Waals surface area contributed by atoms with Crippen molar-refractivity contribution in [3.63, 3.8) is 0 Å². The number of ether oxygens (including phenoxy) is 2. The van der Waals surface area contributed by atoms with Crippen molar-refractivity contribution in [3.05, 3.63) is 69.6 Å². The average Bonchev–Trinajstić information content (AvgIpc) is 3.55. The van der Waals surface area contributed by atoms with Gasteiger partial charge in [0, 0.05) is 6.54 Å². The van der Waals surface area contributed by atoms with E-state index >= 15 is 0 Å². The summed E-state index contributed by atoms with van der Waals surface area (Å²) in [6, 6.07) is 7.52. The lowest BCUT2D eigenvalue weighted by atomic mass is 10.0. The van der Waals surface area contributed by atoms with Crippen LogP contribution < -0.4 is 10.5 Å². The molecule has 3 rings (SSSR count). The summed E-state index contributed by atoms with van der Waals surface area (Å²) in [5, 5.41) is 5.62. The number of rotatable bonds is 12. The molecule has 0 fully saturated rings. The molecule has 0 saturated heterocycles. The molecule has 0 atom stereocenters. The zero-order valence-electron chi connectivity index (χ0n) is 21.6. The second-order valence-corrected chi connectivity index (χ2v) is 9.83. The Morgan fingerprint density at radius 1 is 1.22 bits per heavy atom. The van der Waals surface area contributed by atoms with Gasteiger partial charge in [-0.2, -0.15) is 0 Å². The van der Waals surface area contributed by atoms with Crippen molar-refractivity contribution >= 4 is 29.1 Å². The van der Waals surface area contributed by atoms with Gasteiger partial charge in [-0.15, -0.1) is 11.3 Å². The Bertz CT molecular complexity index is 1200. The maximum atomic E-state index is 12.6. The van der Waals surface area contributed by atoms with Crippen LogP contribution in [-0.4, -0.2) is 46.4 Å². The number of aromatic nitrogens is 1. The van der Waals surface area contributed by atoms with E-state index in [-0.39, 0.29) is 25.5 Å². The fourth-order valence-corrected chi connectivity index (χ4v) is 4.24. The van der Waals surface area contributed by atoms with Gasteiger partial charge >= 0.3 is 11.9 Å². The Kier molecular flexibility index (Phi) is 9.42. The van der Waals surface area contributed by atoms with Crippen LogP contribution in [0.25, 0.3) is 0 Å². The number of hydrogen-bond donors (Lipinski definition) is 1. The van der Waals surface area contributed by atoms with Crippen LogP contribution in [0.3, 0.4) is 0 Å². The van der Waals surface area contributed by atoms with Crippen LogP contribution in [0, 0.1) is 13.8 Å². The monoisotopic (exact) mass is 528 g/mol. The van der Waals surface area contributed by atoms with Crippen LogP contribution in [0.4, 0.5) is 0 Å². The van der Waals surface area contributed by atoms with E-state index in [9.17, 15) is 9.59 Å². The number of oxime groups is 1. The van der Waals surface area contributed by atoms with Crippen molar-refractivity contribution in [2.24, 2.45) is 10.9 Å². The molecule has 2 N–H and O–H groups in total. The Morgan fingerprint density at radius 3 is 2.54 bits per heavy atom. The second-order valence-electron chi connectivity index (χ2n) is 8.88. The van der Waals surface area contributed by atoms with Gasteiger partial charge in [0.25, 0.3) is 0 Å². The van der Waals surface area contributed by atoms with E-state index in [0.717, 1.165) is 16.7 Å². The van der Waals surface area contributed by atoms with Crippen molar-refractivity contribution < 1.29 is 28.3 Å². The van der Waals surface area contributed by atoms with E-state index < -0.39 is 17.5 Å². The number of thiophene rings is 1. The van der Waals surface area contributed by atoms with Crippen molar-refractivity contribution in [2.45, 2.75) is 53.3 Å². The lowest BCUT2D eigenvalue weighted by molar-refractivity contribution is -0.158. The summed E-state index contributed by atoms with van der Waals surface area (Å²) in [6.45, 7) is 9.79. The molecule has 0 amide bonds. The number of esters is 1. The van der Waals surface area contributed by atoms with E-state index in [1.165, 1.54) is 17.6 Å². The standard InChI is InChI=1S/C26H32N4O6S/c1-6-33-25(32)26(4,5)35-23-17(2)12-19(13-18(23)3)14-30(15-21-28-9-10-34-21)16-22(31)36-29-24(27)20-8-7-11-37-20/h7-13H,6,14-16H2,1-5H3,(H2,27,29). The van der Waals surface area contributed by atoms with Crippen LogP contribution in [0.1, 0.15) is 48.2 Å². The molecular formula is C26H32N4O6S. The highest BCUT2D eigenvalue weighted by Gasteiger charge is 2.32. The number of oxazole rings is 1. The molecule has 3 aromatic rings. The summed E-state index contributed by atoms with van der Waals surface area (Å²) >= 11 is 1.40. The third-order valence-corrected chi connectivity index (χ3v) is 6.16. The molecule has 0 aliphatic rings. The largest absolute Gasteiger partial charge is 0.476 e. The molecule has 11 heteroatoms. The predicted molar refractivity (Wildman–Crippen MR) is 139 cm³/mol. The van der Waals surface area contributed by atoms with Gasteiger partial charge in [-0.25, -0.2) is 14.6 Å². The van der Waals surface area contributed by atoms with Crippen molar-refractivity contribution in [3.8, 4) is 5.75 Å². The maximum absolute atomic E-state index is 12.6. The van der Waals surface area contributed by atoms with Gasteiger partial charge in [-0.3, -0.25) is 4.90 Å². The molecule has 0 unspecified atom stereocenters. The molecule has 0 aliphatic heterocycles. The lowest BCUT2D eigenvalue weighted by Gasteiger charge is -2.27. The Balaban J connectivity index is 1.74. The molecular weight excluding hydrogens is 496 g/mol. The molecule has 37 heavy (non-hydrogen) atoms. The summed E-state index contributed by atoms with van der Waals surface area (Å²) in [6.07, 6.45) is 3.02. The molecule has 0 spiro atoms. The van der Waals surface area contributed by atoms with Gasteiger partial charge in [0.15, 0.2) is 11.4 Å². The predicted octanol–water partition coefficient (Wildman–Crippen LogP) is 3.94. The fraction of sp³-hybridized carbons (Fsp3) is 0.385. The van der Waals surface area contributed by atoms with Crippen LogP contribution in [-0.2, 0) is 32.3 Å². The highest BCUT2D eigenvalue weighted by Crippen LogP contribution is 2.29. The lowest BCUT2D eigenvalue weighted by Crippen LogP contribution is -2.40. The minimum Gasteiger partial charge on any atom is -0.476 e. The quantitative estimate of drug-likeness (QED) is 0.122. The number of aryl methyl sites for hydroxylation is 2. The first-order valence-electron chi connectivity index (χ1n) is 11.7. The minimum absolute atomic E-state index is 0.0736. The van der Waals surface area contributed by atoms with Crippen LogP contribution in [0.5, 0.6) is 5.75 Å². The maximum Gasteiger partial charge on any atom is 0.349 e. The average molecular weight is 529 g/mol. The number of nitrogens with two attached hydrogens (primary N) is 1. The Labute approximate surface area is 220 Å². The van der Waals surface area contributed by atoms with Crippen LogP contribution in [0.2, 0.25) is 0 Å². The summed E-state index contributed by atoms with van der Waals surface area (Å²) in [7, 11) is 0. The summed E-state index contributed by atoms with van der Waals surface area (Å²) < 4.78 is 16.6. The first-order chi connectivity index (χ1) is 17.6. The van der Waals surface area contributed by atoms with Gasteiger partial charge < -0.3 is 24.5 Å². The highest BCUT2D eigenvalue weighted by atomic mass is 32.1. The zero-order chi connectivity index (χ0) is 27.0. The SMILES string of the molecule is CCOC(=O)C(C)(C)Oc1c(C)cc(CN(CC(=O)O/N=C(\N)c2cccs2)Cc2ncco2)cc1C. The first-order valence-corrected chi connectivity index (χ1v) is 12.6. The summed E-state index contributed by atoms with van der Waals surface area (Å²) in [5.74, 6) is 0.194. The summed E-state index contributed by atoms with van der Waals surface area (Å²) in [4.78, 5) is 36.6. The van der Waals surface area contributed by atoms with Gasteiger partial charge in [-0.1, -0.05) is 23.4 Å². The first kappa shape index (κ1) is 27.9. The highest BCUT2D eigenvalue weighted by molar-refractivity contribution is 7.12. The number of nitrogens with zero attached hydrogens (tertiary/aromatic N) is 3. The third-order valence-electron chi connectivity index (χ3n) is 5.27. The molecule has 0 saturated carbocycles. The topological polar surface area (TPSA) is 129 Å². The molecule has 1 aromatic carbocycles. The van der Waals surface area contributed by atoms with Crippen LogP contribution in [0.15, 0.2) is 51.7 Å². The van der Waals surface area contributed by atoms with Gasteiger partial charge in [0.2, 0.25) is 5.89 Å². The number of amidine groups is 1.